The Balaban J connectivity index is 1.70. The number of nitrogens with zero attached hydrogens (tertiary/aromatic N) is 2. The number of carbonyl (C=O) groups is 1. The maximum Gasteiger partial charge on any atom is 0.280 e. The third kappa shape index (κ3) is 3.44. The lowest BCUT2D eigenvalue weighted by molar-refractivity contribution is -0.385. The second-order valence-corrected chi connectivity index (χ2v) is 6.17. The Bertz CT molecular complexity index is 1220. The van der Waals surface area contributed by atoms with Crippen molar-refractivity contribution in [2.24, 2.45) is 0 Å². The zero-order valence-electron chi connectivity index (χ0n) is 14.9. The Hall–Kier alpha value is -4.38. The van der Waals surface area contributed by atoms with Crippen molar-refractivity contribution in [2.75, 3.05) is 12.1 Å². The second kappa shape index (κ2) is 7.32. The van der Waals surface area contributed by atoms with Crippen molar-refractivity contribution in [2.45, 2.75) is 0 Å². The van der Waals surface area contributed by atoms with Crippen molar-refractivity contribution in [1.29, 1.82) is 5.26 Å². The first kappa shape index (κ1) is 18.0. The van der Waals surface area contributed by atoms with E-state index in [0.717, 1.165) is 10.8 Å². The molecule has 0 saturated heterocycles. The summed E-state index contributed by atoms with van der Waals surface area (Å²) in [6.07, 6.45) is 1.17. The van der Waals surface area contributed by atoms with Crippen LogP contribution in [-0.2, 0) is 4.79 Å². The van der Waals surface area contributed by atoms with Gasteiger partial charge in [-0.2, -0.15) is 5.26 Å². The topological polar surface area (TPSA) is 114 Å². The van der Waals surface area contributed by atoms with E-state index in [9.17, 15) is 20.2 Å². The van der Waals surface area contributed by atoms with Gasteiger partial charge in [-0.25, -0.2) is 0 Å². The number of rotatable bonds is 4. The lowest BCUT2D eigenvalue weighted by Crippen LogP contribution is -2.13. The van der Waals surface area contributed by atoms with Crippen LogP contribution in [0.2, 0.25) is 0 Å². The van der Waals surface area contributed by atoms with E-state index in [1.165, 1.54) is 18.2 Å². The summed E-state index contributed by atoms with van der Waals surface area (Å²) in [6, 6.07) is 17.3. The number of benzene rings is 3. The Labute approximate surface area is 164 Å². The van der Waals surface area contributed by atoms with Crippen LogP contribution in [0.1, 0.15) is 5.56 Å². The van der Waals surface area contributed by atoms with Crippen LogP contribution in [-0.4, -0.2) is 17.6 Å². The molecule has 8 nitrogen and oxygen atoms in total. The molecule has 3 aromatic rings. The molecule has 1 aliphatic rings. The summed E-state index contributed by atoms with van der Waals surface area (Å²) in [7, 11) is 0. The quantitative estimate of drug-likeness (QED) is 0.313. The number of amides is 1. The van der Waals surface area contributed by atoms with Gasteiger partial charge in [0, 0.05) is 11.1 Å². The summed E-state index contributed by atoms with van der Waals surface area (Å²) >= 11 is 0. The minimum absolute atomic E-state index is 0.0493. The van der Waals surface area contributed by atoms with Gasteiger partial charge in [0.1, 0.15) is 11.6 Å². The molecule has 1 aliphatic heterocycles. The first-order valence-corrected chi connectivity index (χ1v) is 8.56. The molecule has 1 amide bonds. The van der Waals surface area contributed by atoms with Gasteiger partial charge in [0.15, 0.2) is 11.5 Å². The first-order valence-electron chi connectivity index (χ1n) is 8.56. The van der Waals surface area contributed by atoms with E-state index in [2.05, 4.69) is 5.32 Å². The van der Waals surface area contributed by atoms with Gasteiger partial charge in [-0.1, -0.05) is 36.4 Å². The Morgan fingerprint density at radius 2 is 1.86 bits per heavy atom. The van der Waals surface area contributed by atoms with Crippen LogP contribution in [0.25, 0.3) is 16.8 Å². The van der Waals surface area contributed by atoms with Crippen LogP contribution in [0, 0.1) is 21.4 Å². The van der Waals surface area contributed by atoms with Gasteiger partial charge in [0.25, 0.3) is 11.6 Å². The molecule has 3 aromatic carbocycles. The molecule has 0 unspecified atom stereocenters. The van der Waals surface area contributed by atoms with E-state index in [-0.39, 0.29) is 29.4 Å². The number of nitro groups is 1. The number of hydrogen-bond acceptors (Lipinski definition) is 6. The zero-order valence-corrected chi connectivity index (χ0v) is 14.9. The molecule has 0 saturated carbocycles. The third-order valence-corrected chi connectivity index (χ3v) is 4.42. The molecule has 0 atom stereocenters. The summed E-state index contributed by atoms with van der Waals surface area (Å²) in [5, 5.41) is 25.3. The van der Waals surface area contributed by atoms with Crippen molar-refractivity contribution in [3.05, 3.63) is 75.8 Å². The highest BCUT2D eigenvalue weighted by molar-refractivity contribution is 6.13. The van der Waals surface area contributed by atoms with Crippen molar-refractivity contribution >= 4 is 34.1 Å². The van der Waals surface area contributed by atoms with Gasteiger partial charge in [-0.05, 0) is 23.6 Å². The predicted octanol–water partition coefficient (Wildman–Crippen LogP) is 4.02. The average Bonchev–Trinajstić information content (AvgIpc) is 3.19. The molecule has 0 aliphatic carbocycles. The van der Waals surface area contributed by atoms with Crippen molar-refractivity contribution in [3.8, 4) is 17.6 Å². The van der Waals surface area contributed by atoms with E-state index in [1.54, 1.807) is 18.2 Å². The molecule has 0 spiro atoms. The number of nitro benzene ring substituents is 1. The fourth-order valence-corrected chi connectivity index (χ4v) is 3.05. The molecule has 29 heavy (non-hydrogen) atoms. The van der Waals surface area contributed by atoms with E-state index >= 15 is 0 Å². The highest BCUT2D eigenvalue weighted by Gasteiger charge is 2.23. The lowest BCUT2D eigenvalue weighted by Gasteiger charge is -2.08. The van der Waals surface area contributed by atoms with Gasteiger partial charge in [0.2, 0.25) is 6.79 Å². The second-order valence-electron chi connectivity index (χ2n) is 6.17. The minimum Gasteiger partial charge on any atom is -0.454 e. The predicted molar refractivity (Wildman–Crippen MR) is 105 cm³/mol. The number of nitrogens with one attached hydrogen (secondary N) is 1. The first-order chi connectivity index (χ1) is 14.1. The molecule has 142 valence electrons. The zero-order chi connectivity index (χ0) is 20.4. The maximum atomic E-state index is 12.7. The van der Waals surface area contributed by atoms with Gasteiger partial charge < -0.3 is 14.8 Å². The lowest BCUT2D eigenvalue weighted by atomic mass is 10.1. The molecule has 0 aromatic heterocycles. The van der Waals surface area contributed by atoms with Crippen molar-refractivity contribution in [3.63, 3.8) is 0 Å². The summed E-state index contributed by atoms with van der Waals surface area (Å²) in [6.45, 7) is -0.0493. The third-order valence-electron chi connectivity index (χ3n) is 4.42. The summed E-state index contributed by atoms with van der Waals surface area (Å²) in [5.74, 6) is -0.114. The number of carbonyl (C=O) groups excluding carboxylic acids is 1. The number of ether oxygens (including phenoxy) is 2. The highest BCUT2D eigenvalue weighted by Crippen LogP contribution is 2.38. The molecule has 1 N–H and O–H groups in total. The standard InChI is InChI=1S/C21H13N3O5/c22-11-15(8-14-9-19-20(29-12-28-19)10-18(14)24(26)27)21(25)23-17-7-3-5-13-4-1-2-6-16(13)17/h1-10H,12H2,(H,23,25)/b15-8+. The Kier molecular flexibility index (Phi) is 4.55. The number of hydrogen-bond donors (Lipinski definition) is 1. The van der Waals surface area contributed by atoms with Gasteiger partial charge in [-0.15, -0.1) is 0 Å². The Morgan fingerprint density at radius 1 is 1.14 bits per heavy atom. The average molecular weight is 387 g/mol. The largest absolute Gasteiger partial charge is 0.454 e. The Morgan fingerprint density at radius 3 is 2.62 bits per heavy atom. The fraction of sp³-hybridized carbons (Fsp3) is 0.0476. The van der Waals surface area contributed by atoms with Gasteiger partial charge in [0.05, 0.1) is 16.6 Å². The maximum absolute atomic E-state index is 12.7. The van der Waals surface area contributed by atoms with Crippen LogP contribution in [0.15, 0.2) is 60.2 Å². The molecule has 0 fully saturated rings. The molecule has 1 heterocycles. The molecule has 0 radical (unpaired) electrons. The summed E-state index contributed by atoms with van der Waals surface area (Å²) in [5.41, 5.74) is 0.0400. The van der Waals surface area contributed by atoms with Crippen LogP contribution in [0.3, 0.4) is 0 Å². The normalized spacial score (nSPS) is 12.4. The molecular weight excluding hydrogens is 374 g/mol. The summed E-state index contributed by atoms with van der Waals surface area (Å²) in [4.78, 5) is 23.5. The minimum atomic E-state index is -0.671. The van der Waals surface area contributed by atoms with Crippen LogP contribution in [0.4, 0.5) is 11.4 Å². The molecule has 8 heteroatoms. The summed E-state index contributed by atoms with van der Waals surface area (Å²) < 4.78 is 10.4. The van der Waals surface area contributed by atoms with Crippen molar-refractivity contribution in [1.82, 2.24) is 0 Å². The smallest absolute Gasteiger partial charge is 0.280 e. The number of anilines is 1. The van der Waals surface area contributed by atoms with E-state index in [1.807, 2.05) is 30.3 Å². The van der Waals surface area contributed by atoms with E-state index < -0.39 is 10.8 Å². The van der Waals surface area contributed by atoms with Crippen molar-refractivity contribution < 1.29 is 19.2 Å². The SMILES string of the molecule is N#C/C(=C\c1cc2c(cc1[N+](=O)[O-])OCO2)C(=O)Nc1cccc2ccccc12. The fourth-order valence-electron chi connectivity index (χ4n) is 3.05. The van der Waals surface area contributed by atoms with Crippen LogP contribution < -0.4 is 14.8 Å². The van der Waals surface area contributed by atoms with Crippen LogP contribution in [0.5, 0.6) is 11.5 Å². The number of fused-ring (bicyclic) bond motifs is 2. The van der Waals surface area contributed by atoms with E-state index in [4.69, 9.17) is 9.47 Å². The van der Waals surface area contributed by atoms with Gasteiger partial charge >= 0.3 is 0 Å². The molecule has 0 bridgehead atoms. The molecule has 4 rings (SSSR count). The highest BCUT2D eigenvalue weighted by atomic mass is 16.7. The van der Waals surface area contributed by atoms with E-state index in [0.29, 0.717) is 11.4 Å². The van der Waals surface area contributed by atoms with Gasteiger partial charge in [-0.3, -0.25) is 14.9 Å². The molecular formula is C21H13N3O5. The number of nitriles is 1. The van der Waals surface area contributed by atoms with Crippen LogP contribution >= 0.6 is 0 Å². The monoisotopic (exact) mass is 387 g/mol.